The van der Waals surface area contributed by atoms with Crippen molar-refractivity contribution in [3.63, 3.8) is 0 Å². The first kappa shape index (κ1) is 17.1. The minimum Gasteiger partial charge on any atom is -0.377 e. The van der Waals surface area contributed by atoms with Gasteiger partial charge in [-0.15, -0.1) is 0 Å². The van der Waals surface area contributed by atoms with Crippen LogP contribution < -0.4 is 0 Å². The third-order valence-electron chi connectivity index (χ3n) is 3.96. The molecule has 0 saturated carbocycles. The smallest absolute Gasteiger partial charge is 0.0724 e. The summed E-state index contributed by atoms with van der Waals surface area (Å²) in [5, 5.41) is 0. The lowest BCUT2D eigenvalue weighted by atomic mass is 9.96. The average Bonchev–Trinajstić information content (AvgIpc) is 2.62. The van der Waals surface area contributed by atoms with Gasteiger partial charge in [0.25, 0.3) is 0 Å². The van der Waals surface area contributed by atoms with Crippen molar-refractivity contribution in [2.45, 2.75) is 13.2 Å². The van der Waals surface area contributed by atoms with Crippen molar-refractivity contribution >= 4 is 0 Å². The fourth-order valence-electron chi connectivity index (χ4n) is 2.74. The molecule has 0 aromatic heterocycles. The Balaban J connectivity index is 1.82. The molecule has 2 aromatic rings. The summed E-state index contributed by atoms with van der Waals surface area (Å²) < 4.78 is 22.5. The zero-order chi connectivity index (χ0) is 16.5. The van der Waals surface area contributed by atoms with Gasteiger partial charge >= 0.3 is 0 Å². The Morgan fingerprint density at radius 3 is 1.29 bits per heavy atom. The maximum atomic E-state index is 5.78. The molecule has 0 saturated heterocycles. The summed E-state index contributed by atoms with van der Waals surface area (Å²) in [7, 11) is 0. The van der Waals surface area contributed by atoms with Crippen molar-refractivity contribution in [2.24, 2.45) is 0 Å². The number of fused-ring (bicyclic) bond motifs is 3. The van der Waals surface area contributed by atoms with Crippen molar-refractivity contribution in [1.29, 1.82) is 0 Å². The third-order valence-corrected chi connectivity index (χ3v) is 3.96. The Bertz CT molecular complexity index is 571. The molecule has 1 aliphatic heterocycles. The summed E-state index contributed by atoms with van der Waals surface area (Å²) in [6.45, 7) is 4.65. The predicted octanol–water partition coefficient (Wildman–Crippen LogP) is 3.43. The number of ether oxygens (including phenoxy) is 4. The highest BCUT2D eigenvalue weighted by atomic mass is 16.6. The van der Waals surface area contributed by atoms with Gasteiger partial charge in [0.1, 0.15) is 0 Å². The van der Waals surface area contributed by atoms with Crippen LogP contribution in [0, 0.1) is 0 Å². The molecule has 1 aliphatic rings. The highest BCUT2D eigenvalue weighted by Crippen LogP contribution is 2.28. The fraction of sp³-hybridized carbons (Fsp3) is 0.400. The maximum absolute atomic E-state index is 5.78. The minimum absolute atomic E-state index is 0.575. The van der Waals surface area contributed by atoms with Crippen LogP contribution >= 0.6 is 0 Å². The number of benzene rings is 2. The van der Waals surface area contributed by atoms with Gasteiger partial charge in [-0.2, -0.15) is 0 Å². The summed E-state index contributed by atoms with van der Waals surface area (Å²) >= 11 is 0. The van der Waals surface area contributed by atoms with E-state index >= 15 is 0 Å². The van der Waals surface area contributed by atoms with Gasteiger partial charge in [-0.25, -0.2) is 0 Å². The van der Waals surface area contributed by atoms with E-state index in [-0.39, 0.29) is 0 Å². The second-order valence-corrected chi connectivity index (χ2v) is 5.64. The number of hydrogen-bond donors (Lipinski definition) is 0. The standard InChI is InChI=1S/C20H24O4/c1-3-7-19-17(5-1)15-23-13-11-21-9-10-22-12-14-24-16-18-6-2-4-8-20(18)19/h1-8H,9-16H2. The monoisotopic (exact) mass is 328 g/mol. The van der Waals surface area contributed by atoms with Gasteiger partial charge in [-0.05, 0) is 22.3 Å². The van der Waals surface area contributed by atoms with E-state index in [0.29, 0.717) is 52.9 Å². The average molecular weight is 328 g/mol. The van der Waals surface area contributed by atoms with E-state index in [2.05, 4.69) is 36.4 Å². The van der Waals surface area contributed by atoms with Crippen molar-refractivity contribution < 1.29 is 18.9 Å². The summed E-state index contributed by atoms with van der Waals surface area (Å²) in [5.74, 6) is 0. The number of hydrogen-bond acceptors (Lipinski definition) is 4. The summed E-state index contributed by atoms with van der Waals surface area (Å²) in [4.78, 5) is 0. The molecule has 0 radical (unpaired) electrons. The largest absolute Gasteiger partial charge is 0.377 e. The van der Waals surface area contributed by atoms with Gasteiger partial charge in [-0.1, -0.05) is 48.5 Å². The molecule has 0 spiro atoms. The fourth-order valence-corrected chi connectivity index (χ4v) is 2.74. The normalized spacial score (nSPS) is 17.7. The van der Waals surface area contributed by atoms with E-state index in [1.54, 1.807) is 0 Å². The summed E-state index contributed by atoms with van der Waals surface area (Å²) in [6, 6.07) is 16.7. The first-order valence-electron chi connectivity index (χ1n) is 8.42. The van der Waals surface area contributed by atoms with E-state index in [4.69, 9.17) is 18.9 Å². The first-order valence-corrected chi connectivity index (χ1v) is 8.42. The van der Waals surface area contributed by atoms with Gasteiger partial charge in [0.15, 0.2) is 0 Å². The second kappa shape index (κ2) is 9.55. The van der Waals surface area contributed by atoms with E-state index in [1.165, 1.54) is 22.3 Å². The van der Waals surface area contributed by atoms with Gasteiger partial charge in [0.05, 0.1) is 52.9 Å². The quantitative estimate of drug-likeness (QED) is 0.742. The lowest BCUT2D eigenvalue weighted by Gasteiger charge is -2.15. The molecule has 4 heteroatoms. The Hall–Kier alpha value is -1.72. The zero-order valence-electron chi connectivity index (χ0n) is 13.9. The van der Waals surface area contributed by atoms with Crippen LogP contribution in [0.15, 0.2) is 48.5 Å². The Kier molecular flexibility index (Phi) is 6.81. The van der Waals surface area contributed by atoms with Crippen LogP contribution in [0.1, 0.15) is 11.1 Å². The van der Waals surface area contributed by atoms with Gasteiger partial charge in [-0.3, -0.25) is 0 Å². The molecule has 0 atom stereocenters. The van der Waals surface area contributed by atoms with Crippen LogP contribution in [0.5, 0.6) is 0 Å². The zero-order valence-corrected chi connectivity index (χ0v) is 13.9. The molecule has 0 unspecified atom stereocenters. The first-order chi connectivity index (χ1) is 11.9. The molecule has 4 nitrogen and oxygen atoms in total. The molecule has 1 heterocycles. The van der Waals surface area contributed by atoms with Crippen LogP contribution in [0.4, 0.5) is 0 Å². The molecule has 0 amide bonds. The van der Waals surface area contributed by atoms with Crippen molar-refractivity contribution in [3.05, 3.63) is 59.7 Å². The molecule has 0 aliphatic carbocycles. The Morgan fingerprint density at radius 1 is 0.458 bits per heavy atom. The molecule has 2 aromatic carbocycles. The molecule has 3 rings (SSSR count). The van der Waals surface area contributed by atoms with Crippen LogP contribution in [-0.4, -0.2) is 39.6 Å². The molecule has 128 valence electrons. The van der Waals surface area contributed by atoms with Crippen molar-refractivity contribution in [2.75, 3.05) is 39.6 Å². The maximum Gasteiger partial charge on any atom is 0.0724 e. The third kappa shape index (κ3) is 4.89. The Morgan fingerprint density at radius 2 is 0.833 bits per heavy atom. The summed E-state index contributed by atoms with van der Waals surface area (Å²) in [5.41, 5.74) is 4.75. The van der Waals surface area contributed by atoms with Gasteiger partial charge in [0.2, 0.25) is 0 Å². The molecule has 24 heavy (non-hydrogen) atoms. The van der Waals surface area contributed by atoms with Crippen LogP contribution in [-0.2, 0) is 32.2 Å². The highest BCUT2D eigenvalue weighted by Gasteiger charge is 2.09. The van der Waals surface area contributed by atoms with Crippen LogP contribution in [0.2, 0.25) is 0 Å². The van der Waals surface area contributed by atoms with E-state index in [1.807, 2.05) is 12.1 Å². The lowest BCUT2D eigenvalue weighted by Crippen LogP contribution is -2.12. The topological polar surface area (TPSA) is 36.9 Å². The molecular weight excluding hydrogens is 304 g/mol. The minimum atomic E-state index is 0.575. The number of rotatable bonds is 0. The van der Waals surface area contributed by atoms with Crippen LogP contribution in [0.3, 0.4) is 0 Å². The Labute approximate surface area is 143 Å². The van der Waals surface area contributed by atoms with Crippen molar-refractivity contribution in [1.82, 2.24) is 0 Å². The van der Waals surface area contributed by atoms with E-state index in [0.717, 1.165) is 0 Å². The summed E-state index contributed by atoms with van der Waals surface area (Å²) in [6.07, 6.45) is 0. The molecular formula is C20H24O4. The lowest BCUT2D eigenvalue weighted by molar-refractivity contribution is -0.00635. The SMILES string of the molecule is c1ccc2c(c1)COCCOCCOCCOCc1ccccc1-2. The van der Waals surface area contributed by atoms with Crippen molar-refractivity contribution in [3.8, 4) is 11.1 Å². The van der Waals surface area contributed by atoms with Gasteiger partial charge < -0.3 is 18.9 Å². The van der Waals surface area contributed by atoms with E-state index in [9.17, 15) is 0 Å². The van der Waals surface area contributed by atoms with Crippen LogP contribution in [0.25, 0.3) is 11.1 Å². The molecule has 0 bridgehead atoms. The predicted molar refractivity (Wildman–Crippen MR) is 92.8 cm³/mol. The van der Waals surface area contributed by atoms with Gasteiger partial charge in [0, 0.05) is 0 Å². The molecule has 0 fully saturated rings. The molecule has 0 N–H and O–H groups in total. The second-order valence-electron chi connectivity index (χ2n) is 5.64. The van der Waals surface area contributed by atoms with E-state index < -0.39 is 0 Å². The highest BCUT2D eigenvalue weighted by molar-refractivity contribution is 5.70.